The molecule has 0 atom stereocenters. The molecule has 239 valence electrons. The van der Waals surface area contributed by atoms with Crippen LogP contribution in [0.1, 0.15) is 19.4 Å². The Morgan fingerprint density at radius 1 is 0.787 bits per heavy atom. The molecule has 0 aliphatic carbocycles. The van der Waals surface area contributed by atoms with Crippen molar-refractivity contribution in [3.05, 3.63) is 139 Å². The minimum absolute atomic E-state index is 0. The van der Waals surface area contributed by atoms with Gasteiger partial charge in [-0.3, -0.25) is 0 Å². The number of aromatic nitrogens is 2. The van der Waals surface area contributed by atoms with Gasteiger partial charge in [-0.15, -0.1) is 18.2 Å². The first-order valence-electron chi connectivity index (χ1n) is 15.7. The molecule has 0 fully saturated rings. The van der Waals surface area contributed by atoms with E-state index in [1.807, 2.05) is 67.0 Å². The Hall–Kier alpha value is -3.90. The zero-order chi connectivity index (χ0) is 32.3. The number of hydrogen-bond acceptors (Lipinski definition) is 3. The Morgan fingerprint density at radius 3 is 2.28 bits per heavy atom. The van der Waals surface area contributed by atoms with Crippen molar-refractivity contribution < 1.29 is 28.9 Å². The minimum atomic E-state index is -1.93. The van der Waals surface area contributed by atoms with E-state index in [1.54, 1.807) is 6.07 Å². The quantitative estimate of drug-likeness (QED) is 0.124. The van der Waals surface area contributed by atoms with Gasteiger partial charge in [0.1, 0.15) is 5.58 Å². The molecule has 0 saturated heterocycles. The smallest absolute Gasteiger partial charge is 0.120 e. The molecular formula is C41H37FGeIrN2O-2. The largest absolute Gasteiger partial charge is 0.501 e. The van der Waals surface area contributed by atoms with Gasteiger partial charge in [-0.05, 0) is 29.0 Å². The number of pyridine rings is 2. The second kappa shape index (κ2) is 14.9. The molecule has 0 N–H and O–H groups in total. The van der Waals surface area contributed by atoms with Gasteiger partial charge in [0, 0.05) is 31.7 Å². The third kappa shape index (κ3) is 7.98. The summed E-state index contributed by atoms with van der Waals surface area (Å²) in [6.45, 7) is 4.48. The van der Waals surface area contributed by atoms with Gasteiger partial charge >= 0.3 is 130 Å². The van der Waals surface area contributed by atoms with Crippen LogP contribution in [0.25, 0.3) is 55.6 Å². The molecule has 3 heterocycles. The monoisotopic (exact) mass is 859 g/mol. The fourth-order valence-electron chi connectivity index (χ4n) is 5.75. The van der Waals surface area contributed by atoms with Crippen LogP contribution in [0.2, 0.25) is 17.3 Å². The van der Waals surface area contributed by atoms with E-state index in [0.717, 1.165) is 56.4 Å². The summed E-state index contributed by atoms with van der Waals surface area (Å²) in [5.74, 6) is 7.53. The van der Waals surface area contributed by atoms with Crippen molar-refractivity contribution in [1.29, 1.82) is 0 Å². The Kier molecular flexibility index (Phi) is 10.9. The molecule has 3 nitrogen and oxygen atoms in total. The maximum absolute atomic E-state index is 13.0. The van der Waals surface area contributed by atoms with Gasteiger partial charge in [-0.1, -0.05) is 65.5 Å². The first-order chi connectivity index (χ1) is 22.2. The van der Waals surface area contributed by atoms with Crippen molar-refractivity contribution in [1.82, 2.24) is 9.97 Å². The maximum Gasteiger partial charge on any atom is 0.120 e. The number of benzene rings is 4. The van der Waals surface area contributed by atoms with E-state index in [2.05, 4.69) is 83.5 Å². The van der Waals surface area contributed by atoms with E-state index in [-0.39, 0.29) is 25.9 Å². The van der Waals surface area contributed by atoms with E-state index in [0.29, 0.717) is 5.92 Å². The summed E-state index contributed by atoms with van der Waals surface area (Å²) in [6, 6.07) is 39.5. The zero-order valence-corrected chi connectivity index (χ0v) is 31.8. The molecule has 4 aromatic carbocycles. The van der Waals surface area contributed by atoms with Crippen LogP contribution in [0, 0.1) is 23.9 Å². The average molecular weight is 858 g/mol. The van der Waals surface area contributed by atoms with Crippen LogP contribution in [0.4, 0.5) is 4.39 Å². The Balaban J connectivity index is 0.000000184. The molecule has 3 aromatic heterocycles. The molecule has 0 aliphatic heterocycles. The van der Waals surface area contributed by atoms with Gasteiger partial charge in [0.15, 0.2) is 0 Å². The fraction of sp³-hybridized carbons (Fsp3) is 0.171. The molecule has 0 unspecified atom stereocenters. The number of furan rings is 1. The molecule has 0 amide bonds. The first kappa shape index (κ1) is 34.4. The van der Waals surface area contributed by atoms with Crippen LogP contribution in [-0.4, -0.2) is 23.2 Å². The summed E-state index contributed by atoms with van der Waals surface area (Å²) in [7, 11) is 0. The van der Waals surface area contributed by atoms with Crippen molar-refractivity contribution in [3.8, 4) is 33.6 Å². The number of hydrogen-bond donors (Lipinski definition) is 0. The number of fused-ring (bicyclic) bond motifs is 3. The molecule has 47 heavy (non-hydrogen) atoms. The number of para-hydroxylation sites is 1. The standard InChI is InChI=1S/C23H14NO.C18H23FGeN.Ir/c1-2-7-16(8-3-1)17-13-14-24-21(15-17)20-11-6-10-19-18-9-4-5-12-22(18)25-23(19)20;1-13(2)10-15-11-18(14-6-8-16(19)9-7-14)21-12-17(15)20(3,4)5;/h1-10,12-15H;6,8-9,11-13H,10H2,1-5H3;/q2*-1;. The van der Waals surface area contributed by atoms with E-state index in [1.165, 1.54) is 27.7 Å². The Labute approximate surface area is 293 Å². The fourth-order valence-corrected chi connectivity index (χ4v) is 9.09. The van der Waals surface area contributed by atoms with Gasteiger partial charge in [-0.25, -0.2) is 0 Å². The minimum Gasteiger partial charge on any atom is -0.501 e. The number of nitrogens with zero attached hydrogens (tertiary/aromatic N) is 2. The zero-order valence-electron chi connectivity index (χ0n) is 27.3. The summed E-state index contributed by atoms with van der Waals surface area (Å²) >= 11 is -1.93. The summed E-state index contributed by atoms with van der Waals surface area (Å²) in [5.41, 5.74) is 8.93. The van der Waals surface area contributed by atoms with Crippen LogP contribution in [-0.2, 0) is 26.5 Å². The molecule has 7 aromatic rings. The van der Waals surface area contributed by atoms with Crippen molar-refractivity contribution in [2.45, 2.75) is 37.5 Å². The predicted octanol–water partition coefficient (Wildman–Crippen LogP) is 10.5. The van der Waals surface area contributed by atoms with Crippen LogP contribution in [0.3, 0.4) is 0 Å². The molecule has 7 rings (SSSR count). The van der Waals surface area contributed by atoms with Gasteiger partial charge < -0.3 is 9.40 Å². The number of halogens is 1. The Morgan fingerprint density at radius 2 is 1.55 bits per heavy atom. The molecule has 0 aliphatic rings. The van der Waals surface area contributed by atoms with Crippen LogP contribution >= 0.6 is 0 Å². The number of rotatable bonds is 6. The van der Waals surface area contributed by atoms with Gasteiger partial charge in [0.25, 0.3) is 0 Å². The van der Waals surface area contributed by atoms with Crippen molar-refractivity contribution in [2.24, 2.45) is 5.92 Å². The van der Waals surface area contributed by atoms with E-state index < -0.39 is 13.3 Å². The van der Waals surface area contributed by atoms with E-state index >= 15 is 0 Å². The third-order valence-electron chi connectivity index (χ3n) is 7.94. The van der Waals surface area contributed by atoms with Crippen LogP contribution in [0.5, 0.6) is 0 Å². The van der Waals surface area contributed by atoms with E-state index in [4.69, 9.17) is 4.42 Å². The summed E-state index contributed by atoms with van der Waals surface area (Å²) in [5, 5.41) is 2.21. The third-order valence-corrected chi connectivity index (χ3v) is 12.3. The van der Waals surface area contributed by atoms with Gasteiger partial charge in [0.2, 0.25) is 0 Å². The molecule has 0 spiro atoms. The van der Waals surface area contributed by atoms with E-state index in [9.17, 15) is 4.39 Å². The molecule has 0 bridgehead atoms. The molecule has 0 saturated carbocycles. The van der Waals surface area contributed by atoms with Gasteiger partial charge in [-0.2, -0.15) is 0 Å². The SMILES string of the molecule is CC(C)Cc1cc(-c2[c-]cc(F)cc2)nc[c]1[Ge]([CH3])([CH3])[CH3].[Ir].[c-]1ccc2c(oc3ccccc32)c1-c1cc(-c2ccccc2)ccn1. The molecule has 1 radical (unpaired) electrons. The van der Waals surface area contributed by atoms with Crippen molar-refractivity contribution in [2.75, 3.05) is 0 Å². The second-order valence-electron chi connectivity index (χ2n) is 13.0. The predicted molar refractivity (Wildman–Crippen MR) is 191 cm³/mol. The summed E-state index contributed by atoms with van der Waals surface area (Å²) in [6.07, 6.45) is 4.95. The van der Waals surface area contributed by atoms with Crippen LogP contribution in [0.15, 0.2) is 120 Å². The first-order valence-corrected chi connectivity index (χ1v) is 23.0. The van der Waals surface area contributed by atoms with Gasteiger partial charge in [0.05, 0.1) is 5.58 Å². The van der Waals surface area contributed by atoms with Crippen molar-refractivity contribution >= 4 is 39.6 Å². The second-order valence-corrected chi connectivity index (χ2v) is 23.6. The summed E-state index contributed by atoms with van der Waals surface area (Å²) < 4.78 is 20.6. The topological polar surface area (TPSA) is 38.9 Å². The summed E-state index contributed by atoms with van der Waals surface area (Å²) in [4.78, 5) is 9.17. The Bertz CT molecular complexity index is 2100. The molecular weight excluding hydrogens is 820 g/mol. The van der Waals surface area contributed by atoms with Crippen molar-refractivity contribution in [3.63, 3.8) is 0 Å². The molecule has 6 heteroatoms. The normalized spacial score (nSPS) is 11.3. The average Bonchev–Trinajstić information content (AvgIpc) is 3.44. The van der Waals surface area contributed by atoms with Crippen LogP contribution < -0.4 is 4.40 Å². The maximum atomic E-state index is 13.0.